The summed E-state index contributed by atoms with van der Waals surface area (Å²) in [7, 11) is 0. The van der Waals surface area contributed by atoms with E-state index in [0.717, 1.165) is 57.8 Å². The fourth-order valence-electron chi connectivity index (χ4n) is 6.40. The molecule has 2 nitrogen and oxygen atoms in total. The summed E-state index contributed by atoms with van der Waals surface area (Å²) in [6.45, 7) is 4.15. The van der Waals surface area contributed by atoms with E-state index in [2.05, 4.69) is 0 Å². The molecule has 0 unspecified atom stereocenters. The first-order valence-corrected chi connectivity index (χ1v) is 12.8. The number of hydrogen-bond acceptors (Lipinski definition) is 2. The molecule has 1 saturated heterocycles. The third kappa shape index (κ3) is 5.19. The van der Waals surface area contributed by atoms with Gasteiger partial charge in [0.25, 0.3) is 0 Å². The largest absolute Gasteiger partial charge is 0.349 e. The molecule has 3 aliphatic rings. The quantitative estimate of drug-likeness (QED) is 0.445. The van der Waals surface area contributed by atoms with Gasteiger partial charge < -0.3 is 9.47 Å². The van der Waals surface area contributed by atoms with E-state index in [1.54, 1.807) is 6.07 Å². The highest BCUT2D eigenvalue weighted by atomic mass is 19.2. The van der Waals surface area contributed by atoms with E-state index >= 15 is 0 Å². The minimum atomic E-state index is -1.32. The van der Waals surface area contributed by atoms with Crippen LogP contribution in [-0.2, 0) is 15.9 Å². The molecule has 0 radical (unpaired) electrons. The molecule has 0 N–H and O–H groups in total. The highest BCUT2D eigenvalue weighted by Gasteiger charge is 2.41. The molecular formula is C27H39F3O2. The normalized spacial score (nSPS) is 36.2. The second-order valence-electron chi connectivity index (χ2n) is 10.5. The number of ether oxygens (including phenoxy) is 2. The summed E-state index contributed by atoms with van der Waals surface area (Å²) in [6, 6.07) is 3.57. The molecule has 3 fully saturated rings. The van der Waals surface area contributed by atoms with Crippen molar-refractivity contribution < 1.29 is 22.6 Å². The van der Waals surface area contributed by atoms with E-state index in [1.165, 1.54) is 0 Å². The van der Waals surface area contributed by atoms with Gasteiger partial charge in [0.2, 0.25) is 0 Å². The van der Waals surface area contributed by atoms with E-state index in [0.29, 0.717) is 41.7 Å². The zero-order valence-corrected chi connectivity index (χ0v) is 19.7. The Morgan fingerprint density at radius 1 is 0.812 bits per heavy atom. The van der Waals surface area contributed by atoms with Crippen molar-refractivity contribution in [3.63, 3.8) is 0 Å². The van der Waals surface area contributed by atoms with E-state index < -0.39 is 17.3 Å². The summed E-state index contributed by atoms with van der Waals surface area (Å²) in [5, 5.41) is 0. The van der Waals surface area contributed by atoms with Gasteiger partial charge in [-0.05, 0) is 93.1 Å². The Hall–Kier alpha value is -1.07. The average molecular weight is 453 g/mol. The minimum Gasteiger partial charge on any atom is -0.349 e. The molecule has 4 rings (SSSR count). The lowest BCUT2D eigenvalue weighted by atomic mass is 9.68. The van der Waals surface area contributed by atoms with Gasteiger partial charge in [0, 0.05) is 5.92 Å². The van der Waals surface area contributed by atoms with E-state index in [9.17, 15) is 13.2 Å². The topological polar surface area (TPSA) is 18.5 Å². The molecule has 2 saturated carbocycles. The summed E-state index contributed by atoms with van der Waals surface area (Å²) in [6.07, 6.45) is 10.1. The third-order valence-corrected chi connectivity index (χ3v) is 8.36. The lowest BCUT2D eigenvalue weighted by Crippen LogP contribution is -2.47. The maximum absolute atomic E-state index is 14.6. The Bertz CT molecular complexity index is 744. The summed E-state index contributed by atoms with van der Waals surface area (Å²) < 4.78 is 55.0. The molecular weight excluding hydrogens is 413 g/mol. The average Bonchev–Trinajstić information content (AvgIpc) is 2.82. The van der Waals surface area contributed by atoms with Crippen LogP contribution in [-0.4, -0.2) is 25.2 Å². The van der Waals surface area contributed by atoms with Crippen molar-refractivity contribution >= 4 is 0 Å². The van der Waals surface area contributed by atoms with Crippen LogP contribution in [0.1, 0.15) is 95.1 Å². The van der Waals surface area contributed by atoms with E-state index in [-0.39, 0.29) is 25.4 Å². The van der Waals surface area contributed by atoms with Crippen LogP contribution in [0.5, 0.6) is 0 Å². The zero-order valence-electron chi connectivity index (χ0n) is 19.7. The molecule has 32 heavy (non-hydrogen) atoms. The molecule has 0 spiro atoms. The fraction of sp³-hybridized carbons (Fsp3) is 0.778. The zero-order chi connectivity index (χ0) is 22.7. The third-order valence-electron chi connectivity index (χ3n) is 8.36. The molecule has 0 atom stereocenters. The molecule has 0 aromatic heterocycles. The first-order chi connectivity index (χ1) is 15.4. The van der Waals surface area contributed by atoms with Crippen LogP contribution in [0.2, 0.25) is 0 Å². The van der Waals surface area contributed by atoms with Crippen molar-refractivity contribution in [2.24, 2.45) is 17.8 Å². The van der Waals surface area contributed by atoms with Gasteiger partial charge in [-0.3, -0.25) is 0 Å². The molecule has 180 valence electrons. The van der Waals surface area contributed by atoms with Crippen molar-refractivity contribution in [2.75, 3.05) is 13.2 Å². The minimum absolute atomic E-state index is 0.135. The number of alkyl halides is 1. The van der Waals surface area contributed by atoms with Crippen LogP contribution in [0.3, 0.4) is 0 Å². The molecule has 2 aliphatic carbocycles. The smallest absolute Gasteiger partial charge is 0.162 e. The summed E-state index contributed by atoms with van der Waals surface area (Å²) in [4.78, 5) is 0. The van der Waals surface area contributed by atoms with Gasteiger partial charge in [-0.2, -0.15) is 0 Å². The summed E-state index contributed by atoms with van der Waals surface area (Å²) in [5.41, 5.74) is -0.286. The number of aryl methyl sites for hydroxylation is 1. The van der Waals surface area contributed by atoms with Gasteiger partial charge in [0.1, 0.15) is 0 Å². The van der Waals surface area contributed by atoms with Crippen LogP contribution >= 0.6 is 0 Å². The van der Waals surface area contributed by atoms with Gasteiger partial charge in [-0.1, -0.05) is 32.4 Å². The SMILES string of the molecule is CCCC1(F)COC(C2CCC(C3CCC(c4ccc(CC)c(F)c4F)CC3)CC2)OC1. The van der Waals surface area contributed by atoms with E-state index in [4.69, 9.17) is 9.47 Å². The lowest BCUT2D eigenvalue weighted by molar-refractivity contribution is -0.258. The van der Waals surface area contributed by atoms with Gasteiger partial charge in [-0.15, -0.1) is 0 Å². The maximum Gasteiger partial charge on any atom is 0.162 e. The van der Waals surface area contributed by atoms with Crippen molar-refractivity contribution in [3.8, 4) is 0 Å². The number of hydrogen-bond donors (Lipinski definition) is 0. The van der Waals surface area contributed by atoms with Gasteiger partial charge in [0.15, 0.2) is 23.6 Å². The van der Waals surface area contributed by atoms with Crippen molar-refractivity contribution in [1.82, 2.24) is 0 Å². The number of rotatable bonds is 6. The molecule has 1 aliphatic heterocycles. The summed E-state index contributed by atoms with van der Waals surface area (Å²) >= 11 is 0. The maximum atomic E-state index is 14.6. The first-order valence-electron chi connectivity index (χ1n) is 12.8. The highest BCUT2D eigenvalue weighted by molar-refractivity contribution is 5.29. The van der Waals surface area contributed by atoms with Crippen molar-refractivity contribution in [3.05, 3.63) is 34.9 Å². The molecule has 5 heteroatoms. The molecule has 1 heterocycles. The first kappa shape index (κ1) is 24.1. The molecule has 0 amide bonds. The van der Waals surface area contributed by atoms with Gasteiger partial charge in [0.05, 0.1) is 13.2 Å². The Balaban J connectivity index is 1.24. The van der Waals surface area contributed by atoms with Crippen molar-refractivity contribution in [1.29, 1.82) is 0 Å². The van der Waals surface area contributed by atoms with Crippen molar-refractivity contribution in [2.45, 2.75) is 102 Å². The van der Waals surface area contributed by atoms with Crippen LogP contribution in [0, 0.1) is 29.4 Å². The van der Waals surface area contributed by atoms with Crippen LogP contribution < -0.4 is 0 Å². The van der Waals surface area contributed by atoms with E-state index in [1.807, 2.05) is 19.9 Å². The Kier molecular flexibility index (Phi) is 7.87. The van der Waals surface area contributed by atoms with Gasteiger partial charge in [-0.25, -0.2) is 13.2 Å². The van der Waals surface area contributed by atoms with Crippen LogP contribution in [0.15, 0.2) is 12.1 Å². The summed E-state index contributed by atoms with van der Waals surface area (Å²) in [5.74, 6) is 0.583. The monoisotopic (exact) mass is 452 g/mol. The second-order valence-corrected chi connectivity index (χ2v) is 10.5. The molecule has 0 bridgehead atoms. The molecule has 1 aromatic carbocycles. The lowest BCUT2D eigenvalue weighted by Gasteiger charge is -2.42. The predicted molar refractivity (Wildman–Crippen MR) is 120 cm³/mol. The standard InChI is InChI=1S/C27H39F3O2/c1-3-15-27(30)16-31-26(32-17-27)22-11-7-20(8-12-22)19-5-9-21(10-6-19)23-14-13-18(4-2)24(28)25(23)29/h13-14,19-22,26H,3-12,15-17H2,1-2H3. The predicted octanol–water partition coefficient (Wildman–Crippen LogP) is 7.49. The number of halogens is 3. The second kappa shape index (κ2) is 10.5. The van der Waals surface area contributed by atoms with Crippen LogP contribution in [0.25, 0.3) is 0 Å². The Morgan fingerprint density at radius 3 is 1.94 bits per heavy atom. The molecule has 1 aromatic rings. The van der Waals surface area contributed by atoms with Gasteiger partial charge >= 0.3 is 0 Å². The Labute approximate surface area is 191 Å². The highest BCUT2D eigenvalue weighted by Crippen LogP contribution is 2.45. The fourth-order valence-corrected chi connectivity index (χ4v) is 6.40. The Morgan fingerprint density at radius 2 is 1.38 bits per heavy atom. The number of benzene rings is 1. The van der Waals surface area contributed by atoms with Crippen LogP contribution in [0.4, 0.5) is 13.2 Å².